The van der Waals surface area contributed by atoms with Crippen molar-refractivity contribution in [3.63, 3.8) is 0 Å². The molecular formula is C37H46N4O8. The summed E-state index contributed by atoms with van der Waals surface area (Å²) >= 11 is 0. The van der Waals surface area contributed by atoms with Crippen molar-refractivity contribution in [1.29, 1.82) is 0 Å². The number of nitrogens with one attached hydrogen (secondary N) is 3. The van der Waals surface area contributed by atoms with Crippen LogP contribution in [0.4, 0.5) is 11.4 Å². The van der Waals surface area contributed by atoms with Gasteiger partial charge in [-0.2, -0.15) is 0 Å². The van der Waals surface area contributed by atoms with Gasteiger partial charge >= 0.3 is 0 Å². The first-order valence-corrected chi connectivity index (χ1v) is 16.5. The first-order valence-electron chi connectivity index (χ1n) is 16.5. The largest absolute Gasteiger partial charge is 0.493 e. The lowest BCUT2D eigenvalue weighted by Gasteiger charge is -2.24. The van der Waals surface area contributed by atoms with Crippen LogP contribution in [-0.4, -0.2) is 69.0 Å². The van der Waals surface area contributed by atoms with Crippen LogP contribution in [0.1, 0.15) is 77.8 Å². The summed E-state index contributed by atoms with van der Waals surface area (Å²) in [6, 6.07) is 10.5. The van der Waals surface area contributed by atoms with Crippen molar-refractivity contribution in [2.45, 2.75) is 65.8 Å². The third-order valence-corrected chi connectivity index (χ3v) is 8.14. The second-order valence-corrected chi connectivity index (χ2v) is 12.0. The first kappa shape index (κ1) is 36.6. The predicted molar refractivity (Wildman–Crippen MR) is 187 cm³/mol. The number of methoxy groups -OCH3 is 3. The van der Waals surface area contributed by atoms with E-state index < -0.39 is 23.8 Å². The lowest BCUT2D eigenvalue weighted by molar-refractivity contribution is -0.133. The molecule has 1 aliphatic rings. The number of fused-ring (bicyclic) bond motifs is 1. The summed E-state index contributed by atoms with van der Waals surface area (Å²) in [6.07, 6.45) is 3.36. The number of hydrogen-bond donors (Lipinski definition) is 3. The van der Waals surface area contributed by atoms with Crippen molar-refractivity contribution in [2.75, 3.05) is 45.1 Å². The quantitative estimate of drug-likeness (QED) is 0.172. The highest BCUT2D eigenvalue weighted by Gasteiger charge is 2.32. The van der Waals surface area contributed by atoms with Crippen molar-refractivity contribution in [2.24, 2.45) is 0 Å². The molecule has 3 N–H and O–H groups in total. The normalized spacial score (nSPS) is 13.7. The molecular weight excluding hydrogens is 628 g/mol. The molecule has 0 bridgehead atoms. The van der Waals surface area contributed by atoms with Gasteiger partial charge in [0.25, 0.3) is 11.8 Å². The first-order chi connectivity index (χ1) is 23.5. The third-order valence-electron chi connectivity index (χ3n) is 8.14. The number of carbonyl (C=O) groups excluding carboxylic acids is 4. The molecule has 3 aromatic rings. The Bertz CT molecular complexity index is 1650. The van der Waals surface area contributed by atoms with E-state index in [-0.39, 0.29) is 52.1 Å². The van der Waals surface area contributed by atoms with E-state index in [1.54, 1.807) is 4.90 Å². The zero-order valence-corrected chi connectivity index (χ0v) is 29.3. The number of aryl methyl sites for hydroxylation is 2. The summed E-state index contributed by atoms with van der Waals surface area (Å²) in [5, 5.41) is 8.38. The summed E-state index contributed by atoms with van der Waals surface area (Å²) in [4.78, 5) is 55.8. The van der Waals surface area contributed by atoms with Crippen LogP contribution in [0.15, 0.2) is 42.5 Å². The zero-order valence-electron chi connectivity index (χ0n) is 29.3. The lowest BCUT2D eigenvalue weighted by Crippen LogP contribution is -2.45. The van der Waals surface area contributed by atoms with Crippen LogP contribution < -0.4 is 34.9 Å². The maximum absolute atomic E-state index is 13.7. The molecule has 0 unspecified atom stereocenters. The van der Waals surface area contributed by atoms with Gasteiger partial charge in [-0.15, -0.1) is 0 Å². The smallest absolute Gasteiger partial charge is 0.256 e. The van der Waals surface area contributed by atoms with Gasteiger partial charge in [0.05, 0.1) is 44.7 Å². The van der Waals surface area contributed by atoms with Crippen LogP contribution >= 0.6 is 0 Å². The van der Waals surface area contributed by atoms with E-state index in [1.165, 1.54) is 45.6 Å². The Kier molecular flexibility index (Phi) is 12.5. The molecule has 3 aromatic carbocycles. The zero-order chi connectivity index (χ0) is 35.7. The van der Waals surface area contributed by atoms with E-state index in [0.29, 0.717) is 24.6 Å². The average Bonchev–Trinajstić information content (AvgIpc) is 3.18. The van der Waals surface area contributed by atoms with Gasteiger partial charge in [0.1, 0.15) is 11.8 Å². The number of ether oxygens (including phenoxy) is 4. The van der Waals surface area contributed by atoms with Gasteiger partial charge < -0.3 is 39.8 Å². The molecule has 0 aliphatic carbocycles. The monoisotopic (exact) mass is 674 g/mol. The van der Waals surface area contributed by atoms with Gasteiger partial charge in [-0.3, -0.25) is 19.2 Å². The molecule has 12 heteroatoms. The van der Waals surface area contributed by atoms with E-state index in [4.69, 9.17) is 18.9 Å². The number of unbranched alkanes of at least 4 members (excludes halogenated alkanes) is 2. The molecule has 1 heterocycles. The molecule has 0 spiro atoms. The SMILES string of the molecule is CCCCN(CCCC)C(=O)C[C@@H]1NC(=O)c2cc(Oc3cc(C)cc(C)c3)c(NC(=O)c3cc(OC)c(OC)c(OC)c3)cc2NC1=O. The minimum absolute atomic E-state index is 0.113. The summed E-state index contributed by atoms with van der Waals surface area (Å²) in [7, 11) is 4.36. The molecule has 0 radical (unpaired) electrons. The highest BCUT2D eigenvalue weighted by molar-refractivity contribution is 6.13. The number of benzene rings is 3. The standard InChI is InChI=1S/C37H46N4O8/c1-8-10-12-41(13-11-9-2)33(42)21-29-37(45)38-27-20-28(39-35(43)24-17-31(46-5)34(48-7)32(18-24)47-6)30(19-26(27)36(44)40-29)49-25-15-22(3)14-23(4)16-25/h14-20,29H,8-13,21H2,1-7H3,(H,38,45)(H,39,43)(H,40,44)/t29-/m0/s1. The summed E-state index contributed by atoms with van der Waals surface area (Å²) < 4.78 is 22.5. The van der Waals surface area contributed by atoms with Crippen molar-refractivity contribution in [1.82, 2.24) is 10.2 Å². The Morgan fingerprint density at radius 3 is 1.98 bits per heavy atom. The Hall–Kier alpha value is -5.26. The second-order valence-electron chi connectivity index (χ2n) is 12.0. The number of hydrogen-bond acceptors (Lipinski definition) is 8. The topological polar surface area (TPSA) is 145 Å². The summed E-state index contributed by atoms with van der Waals surface area (Å²) in [5.41, 5.74) is 2.55. The molecule has 1 aliphatic heterocycles. The molecule has 1 atom stereocenters. The van der Waals surface area contributed by atoms with E-state index in [2.05, 4.69) is 29.8 Å². The molecule has 12 nitrogen and oxygen atoms in total. The van der Waals surface area contributed by atoms with Crippen molar-refractivity contribution in [3.05, 3.63) is 64.7 Å². The highest BCUT2D eigenvalue weighted by atomic mass is 16.5. The maximum atomic E-state index is 13.7. The minimum Gasteiger partial charge on any atom is -0.493 e. The predicted octanol–water partition coefficient (Wildman–Crippen LogP) is 6.24. The molecule has 0 aromatic heterocycles. The van der Waals surface area contributed by atoms with Crippen LogP contribution in [-0.2, 0) is 9.59 Å². The fourth-order valence-electron chi connectivity index (χ4n) is 5.61. The van der Waals surface area contributed by atoms with Crippen LogP contribution in [0.2, 0.25) is 0 Å². The minimum atomic E-state index is -1.10. The molecule has 0 saturated heterocycles. The second kappa shape index (κ2) is 16.7. The van der Waals surface area contributed by atoms with Gasteiger partial charge in [0.15, 0.2) is 17.2 Å². The average molecular weight is 675 g/mol. The lowest BCUT2D eigenvalue weighted by atomic mass is 10.1. The fraction of sp³-hybridized carbons (Fsp3) is 0.405. The van der Waals surface area contributed by atoms with Gasteiger partial charge in [-0.05, 0) is 74.2 Å². The summed E-state index contributed by atoms with van der Waals surface area (Å²) in [6.45, 7) is 9.15. The van der Waals surface area contributed by atoms with E-state index in [0.717, 1.165) is 36.8 Å². The van der Waals surface area contributed by atoms with E-state index >= 15 is 0 Å². The van der Waals surface area contributed by atoms with Crippen molar-refractivity contribution in [3.8, 4) is 28.7 Å². The third kappa shape index (κ3) is 9.01. The number of carbonyl (C=O) groups is 4. The molecule has 49 heavy (non-hydrogen) atoms. The molecule has 4 rings (SSSR count). The van der Waals surface area contributed by atoms with Crippen LogP contribution in [0, 0.1) is 13.8 Å². The fourth-order valence-corrected chi connectivity index (χ4v) is 5.61. The molecule has 4 amide bonds. The van der Waals surface area contributed by atoms with Crippen LogP contribution in [0.25, 0.3) is 0 Å². The van der Waals surface area contributed by atoms with Gasteiger partial charge in [-0.25, -0.2) is 0 Å². The van der Waals surface area contributed by atoms with Gasteiger partial charge in [-0.1, -0.05) is 32.8 Å². The van der Waals surface area contributed by atoms with E-state index in [1.807, 2.05) is 32.0 Å². The number of rotatable bonds is 15. The van der Waals surface area contributed by atoms with Gasteiger partial charge in [0.2, 0.25) is 17.6 Å². The van der Waals surface area contributed by atoms with Crippen LogP contribution in [0.3, 0.4) is 0 Å². The number of anilines is 2. The van der Waals surface area contributed by atoms with E-state index in [9.17, 15) is 19.2 Å². The summed E-state index contributed by atoms with van der Waals surface area (Å²) in [5.74, 6) is -0.312. The van der Waals surface area contributed by atoms with Crippen LogP contribution in [0.5, 0.6) is 28.7 Å². The van der Waals surface area contributed by atoms with Crippen molar-refractivity contribution >= 4 is 35.0 Å². The molecule has 0 saturated carbocycles. The van der Waals surface area contributed by atoms with Gasteiger partial charge in [0, 0.05) is 18.7 Å². The Morgan fingerprint density at radius 2 is 1.43 bits per heavy atom. The molecule has 0 fully saturated rings. The maximum Gasteiger partial charge on any atom is 0.256 e. The Labute approximate surface area is 287 Å². The number of amides is 4. The molecule has 262 valence electrons. The Balaban J connectivity index is 1.70. The highest BCUT2D eigenvalue weighted by Crippen LogP contribution is 2.40. The Morgan fingerprint density at radius 1 is 0.816 bits per heavy atom. The number of nitrogens with zero attached hydrogens (tertiary/aromatic N) is 1. The van der Waals surface area contributed by atoms with Crippen molar-refractivity contribution < 1.29 is 38.1 Å².